The molecule has 0 radical (unpaired) electrons. The summed E-state index contributed by atoms with van der Waals surface area (Å²) in [4.78, 5) is 11.1. The van der Waals surface area contributed by atoms with Gasteiger partial charge >= 0.3 is 0 Å². The van der Waals surface area contributed by atoms with Gasteiger partial charge in [-0.3, -0.25) is 0 Å². The molecule has 2 aliphatic heterocycles. The van der Waals surface area contributed by atoms with E-state index in [1.54, 1.807) is 12.4 Å². The molecule has 0 saturated carbocycles. The maximum absolute atomic E-state index is 6.02. The van der Waals surface area contributed by atoms with Crippen molar-refractivity contribution < 1.29 is 4.74 Å². The van der Waals surface area contributed by atoms with Crippen LogP contribution in [0.25, 0.3) is 0 Å². The van der Waals surface area contributed by atoms with Crippen molar-refractivity contribution in [2.45, 2.75) is 31.8 Å². The van der Waals surface area contributed by atoms with Crippen LogP contribution in [-0.2, 0) is 0 Å². The molecule has 0 aliphatic carbocycles. The minimum absolute atomic E-state index is 0.233. The lowest BCUT2D eigenvalue weighted by Gasteiger charge is -2.25. The Kier molecular flexibility index (Phi) is 3.59. The third-order valence-corrected chi connectivity index (χ3v) is 3.58. The summed E-state index contributed by atoms with van der Waals surface area (Å²) in [7, 11) is 0. The standard InChI is InChI=1S/C13H20N4O/c1-2-9-17(8-1)12-13(16-7-6-15-12)18-11-4-3-5-14-10-11/h6-7,11,14H,1-5,8-10H2. The van der Waals surface area contributed by atoms with E-state index in [9.17, 15) is 0 Å². The fourth-order valence-corrected chi connectivity index (χ4v) is 2.63. The Hall–Kier alpha value is -1.36. The molecule has 2 fully saturated rings. The SMILES string of the molecule is c1cnc(N2CCCC2)c(OC2CCCNC2)n1. The quantitative estimate of drug-likeness (QED) is 0.871. The summed E-state index contributed by atoms with van der Waals surface area (Å²) in [6.07, 6.45) is 8.44. The highest BCUT2D eigenvalue weighted by Gasteiger charge is 2.22. The largest absolute Gasteiger partial charge is 0.470 e. The van der Waals surface area contributed by atoms with Gasteiger partial charge in [-0.15, -0.1) is 0 Å². The Bertz CT molecular complexity index is 386. The molecule has 1 unspecified atom stereocenters. The number of hydrogen-bond donors (Lipinski definition) is 1. The van der Waals surface area contributed by atoms with Gasteiger partial charge in [-0.2, -0.15) is 0 Å². The van der Waals surface area contributed by atoms with Crippen LogP contribution >= 0.6 is 0 Å². The zero-order valence-electron chi connectivity index (χ0n) is 10.6. The molecule has 1 N–H and O–H groups in total. The summed E-state index contributed by atoms with van der Waals surface area (Å²) in [5.41, 5.74) is 0. The van der Waals surface area contributed by atoms with Gasteiger partial charge in [-0.05, 0) is 32.2 Å². The molecule has 1 aromatic rings. The number of aromatic nitrogens is 2. The zero-order chi connectivity index (χ0) is 12.2. The predicted octanol–water partition coefficient (Wildman–Crippen LogP) is 1.21. The summed E-state index contributed by atoms with van der Waals surface area (Å²) in [6.45, 7) is 4.14. The van der Waals surface area contributed by atoms with Crippen LogP contribution in [0, 0.1) is 0 Å². The van der Waals surface area contributed by atoms with Gasteiger partial charge in [-0.1, -0.05) is 0 Å². The number of hydrogen-bond acceptors (Lipinski definition) is 5. The van der Waals surface area contributed by atoms with Gasteiger partial charge in [0.1, 0.15) is 6.10 Å². The molecule has 0 aromatic carbocycles. The van der Waals surface area contributed by atoms with E-state index >= 15 is 0 Å². The molecule has 98 valence electrons. The third kappa shape index (κ3) is 2.56. The Labute approximate surface area is 108 Å². The fraction of sp³-hybridized carbons (Fsp3) is 0.692. The highest BCUT2D eigenvalue weighted by molar-refractivity contribution is 5.48. The van der Waals surface area contributed by atoms with Crippen molar-refractivity contribution in [2.75, 3.05) is 31.1 Å². The van der Waals surface area contributed by atoms with Crippen LogP contribution in [-0.4, -0.2) is 42.3 Å². The highest BCUT2D eigenvalue weighted by Crippen LogP contribution is 2.27. The monoisotopic (exact) mass is 248 g/mol. The Morgan fingerprint density at radius 3 is 2.78 bits per heavy atom. The minimum atomic E-state index is 0.233. The molecular weight excluding hydrogens is 228 g/mol. The first kappa shape index (κ1) is 11.7. The second-order valence-electron chi connectivity index (χ2n) is 4.97. The number of piperidine rings is 1. The van der Waals surface area contributed by atoms with Crippen molar-refractivity contribution in [1.29, 1.82) is 0 Å². The average molecular weight is 248 g/mol. The van der Waals surface area contributed by atoms with Gasteiger partial charge in [0.15, 0.2) is 5.82 Å². The molecule has 1 aromatic heterocycles. The van der Waals surface area contributed by atoms with Crippen LogP contribution in [0.5, 0.6) is 5.88 Å². The van der Waals surface area contributed by atoms with Crippen molar-refractivity contribution in [1.82, 2.24) is 15.3 Å². The van der Waals surface area contributed by atoms with Crippen molar-refractivity contribution in [3.8, 4) is 5.88 Å². The molecule has 0 spiro atoms. The van der Waals surface area contributed by atoms with E-state index in [4.69, 9.17) is 4.74 Å². The third-order valence-electron chi connectivity index (χ3n) is 3.58. The van der Waals surface area contributed by atoms with Crippen LogP contribution < -0.4 is 15.0 Å². The van der Waals surface area contributed by atoms with Crippen LogP contribution in [0.2, 0.25) is 0 Å². The number of rotatable bonds is 3. The molecule has 5 heteroatoms. The number of anilines is 1. The van der Waals surface area contributed by atoms with Crippen LogP contribution in [0.3, 0.4) is 0 Å². The lowest BCUT2D eigenvalue weighted by molar-refractivity contribution is 0.160. The van der Waals surface area contributed by atoms with Crippen molar-refractivity contribution in [2.24, 2.45) is 0 Å². The van der Waals surface area contributed by atoms with Gasteiger partial charge < -0.3 is 15.0 Å². The van der Waals surface area contributed by atoms with E-state index in [1.807, 2.05) is 0 Å². The van der Waals surface area contributed by atoms with E-state index < -0.39 is 0 Å². The number of nitrogens with one attached hydrogen (secondary N) is 1. The second kappa shape index (κ2) is 5.52. The van der Waals surface area contributed by atoms with Gasteiger partial charge in [0.05, 0.1) is 0 Å². The summed E-state index contributed by atoms with van der Waals surface area (Å²) in [6, 6.07) is 0. The molecule has 1 atom stereocenters. The molecule has 18 heavy (non-hydrogen) atoms. The Balaban J connectivity index is 1.73. The van der Waals surface area contributed by atoms with E-state index in [0.717, 1.165) is 38.4 Å². The zero-order valence-corrected chi connectivity index (χ0v) is 10.6. The van der Waals surface area contributed by atoms with Crippen LogP contribution in [0.1, 0.15) is 25.7 Å². The van der Waals surface area contributed by atoms with E-state index in [-0.39, 0.29) is 6.10 Å². The lowest BCUT2D eigenvalue weighted by Crippen LogP contribution is -2.37. The van der Waals surface area contributed by atoms with Crippen molar-refractivity contribution >= 4 is 5.82 Å². The second-order valence-corrected chi connectivity index (χ2v) is 4.97. The Morgan fingerprint density at radius 1 is 1.17 bits per heavy atom. The first-order valence-corrected chi connectivity index (χ1v) is 6.87. The lowest BCUT2D eigenvalue weighted by atomic mass is 10.1. The number of nitrogens with zero attached hydrogens (tertiary/aromatic N) is 3. The maximum Gasteiger partial charge on any atom is 0.257 e. The van der Waals surface area contributed by atoms with Gasteiger partial charge in [0, 0.05) is 32.0 Å². The molecular formula is C13H20N4O. The average Bonchev–Trinajstić information content (AvgIpc) is 2.94. The highest BCUT2D eigenvalue weighted by atomic mass is 16.5. The van der Waals surface area contributed by atoms with Crippen LogP contribution in [0.4, 0.5) is 5.82 Å². The Morgan fingerprint density at radius 2 is 2.00 bits per heavy atom. The molecule has 3 rings (SSSR count). The van der Waals surface area contributed by atoms with Gasteiger partial charge in [-0.25, -0.2) is 9.97 Å². The smallest absolute Gasteiger partial charge is 0.257 e. The van der Waals surface area contributed by atoms with Crippen LogP contribution in [0.15, 0.2) is 12.4 Å². The van der Waals surface area contributed by atoms with Crippen molar-refractivity contribution in [3.05, 3.63) is 12.4 Å². The normalized spacial score (nSPS) is 24.2. The number of ether oxygens (including phenoxy) is 1. The predicted molar refractivity (Wildman–Crippen MR) is 70.0 cm³/mol. The van der Waals surface area contributed by atoms with E-state index in [2.05, 4.69) is 20.2 Å². The summed E-state index contributed by atoms with van der Waals surface area (Å²) < 4.78 is 6.02. The summed E-state index contributed by atoms with van der Waals surface area (Å²) in [5.74, 6) is 1.62. The molecule has 2 aliphatic rings. The molecule has 2 saturated heterocycles. The van der Waals surface area contributed by atoms with E-state index in [0.29, 0.717) is 5.88 Å². The first-order chi connectivity index (χ1) is 8.93. The minimum Gasteiger partial charge on any atom is -0.470 e. The maximum atomic E-state index is 6.02. The summed E-state index contributed by atoms with van der Waals surface area (Å²) in [5, 5.41) is 3.36. The molecule has 5 nitrogen and oxygen atoms in total. The molecule has 0 amide bonds. The van der Waals surface area contributed by atoms with Crippen molar-refractivity contribution in [3.63, 3.8) is 0 Å². The van der Waals surface area contributed by atoms with E-state index in [1.165, 1.54) is 19.3 Å². The topological polar surface area (TPSA) is 50.3 Å². The van der Waals surface area contributed by atoms with Gasteiger partial charge in [0.25, 0.3) is 5.88 Å². The fourth-order valence-electron chi connectivity index (χ4n) is 2.63. The summed E-state index contributed by atoms with van der Waals surface area (Å²) >= 11 is 0. The molecule has 0 bridgehead atoms. The van der Waals surface area contributed by atoms with Gasteiger partial charge in [0.2, 0.25) is 0 Å². The first-order valence-electron chi connectivity index (χ1n) is 6.87. The molecule has 3 heterocycles.